The van der Waals surface area contributed by atoms with Crippen LogP contribution in [0.15, 0.2) is 59.8 Å². The Morgan fingerprint density at radius 1 is 1.10 bits per heavy atom. The van der Waals surface area contributed by atoms with Crippen LogP contribution in [0.5, 0.6) is 5.75 Å². The highest BCUT2D eigenvalue weighted by Crippen LogP contribution is 2.25. The summed E-state index contributed by atoms with van der Waals surface area (Å²) in [5.41, 5.74) is 2.10. The van der Waals surface area contributed by atoms with Gasteiger partial charge in [-0.3, -0.25) is 9.36 Å². The van der Waals surface area contributed by atoms with E-state index in [2.05, 4.69) is 28.5 Å². The molecule has 3 aromatic rings. The minimum atomic E-state index is 0.0494. The number of ether oxygens (including phenoxy) is 1. The van der Waals surface area contributed by atoms with E-state index in [1.807, 2.05) is 53.1 Å². The number of nitrogens with one attached hydrogen (secondary N) is 1. The molecule has 30 heavy (non-hydrogen) atoms. The van der Waals surface area contributed by atoms with E-state index in [1.54, 1.807) is 0 Å². The Hall–Kier alpha value is -2.80. The first-order chi connectivity index (χ1) is 14.7. The number of thioether (sulfide) groups is 1. The Kier molecular flexibility index (Phi) is 6.69. The van der Waals surface area contributed by atoms with Crippen LogP contribution in [-0.4, -0.2) is 32.5 Å². The molecule has 0 radical (unpaired) electrons. The lowest BCUT2D eigenvalue weighted by Gasteiger charge is -2.14. The molecule has 1 aromatic heterocycles. The average molecular weight is 423 g/mol. The van der Waals surface area contributed by atoms with Crippen LogP contribution in [0.25, 0.3) is 5.69 Å². The van der Waals surface area contributed by atoms with Gasteiger partial charge in [0.1, 0.15) is 12.4 Å². The predicted molar refractivity (Wildman–Crippen MR) is 118 cm³/mol. The third-order valence-corrected chi connectivity index (χ3v) is 6.15. The third kappa shape index (κ3) is 5.02. The molecular weight excluding hydrogens is 396 g/mol. The van der Waals surface area contributed by atoms with Gasteiger partial charge >= 0.3 is 0 Å². The number of amides is 1. The molecule has 6 nitrogen and oxygen atoms in total. The first-order valence-corrected chi connectivity index (χ1v) is 11.3. The summed E-state index contributed by atoms with van der Waals surface area (Å²) in [6, 6.07) is 18.1. The Morgan fingerprint density at radius 2 is 1.83 bits per heavy atom. The van der Waals surface area contributed by atoms with Gasteiger partial charge in [0, 0.05) is 6.04 Å². The lowest BCUT2D eigenvalue weighted by Crippen LogP contribution is -2.33. The Bertz CT molecular complexity index is 984. The van der Waals surface area contributed by atoms with E-state index < -0.39 is 0 Å². The zero-order chi connectivity index (χ0) is 20.8. The predicted octanol–water partition coefficient (Wildman–Crippen LogP) is 4.31. The summed E-state index contributed by atoms with van der Waals surface area (Å²) in [6.45, 7) is 2.35. The SMILES string of the molecule is Cc1ccccc1-n1c(COc2ccccc2)nnc1SCC(=O)NC1CCCC1. The summed E-state index contributed by atoms with van der Waals surface area (Å²) in [5.74, 6) is 1.85. The molecule has 0 bridgehead atoms. The Labute approximate surface area is 181 Å². The number of carbonyl (C=O) groups excluding carboxylic acids is 1. The molecular formula is C23H26N4O2S. The molecule has 1 heterocycles. The molecule has 1 saturated carbocycles. The fourth-order valence-corrected chi connectivity index (χ4v) is 4.45. The number of nitrogens with zero attached hydrogens (tertiary/aromatic N) is 3. The molecule has 0 saturated heterocycles. The topological polar surface area (TPSA) is 69.0 Å². The van der Waals surface area contributed by atoms with Crippen molar-refractivity contribution in [3.8, 4) is 11.4 Å². The first kappa shape index (κ1) is 20.5. The molecule has 0 aliphatic heterocycles. The van der Waals surface area contributed by atoms with Crippen molar-refractivity contribution < 1.29 is 9.53 Å². The van der Waals surface area contributed by atoms with E-state index in [-0.39, 0.29) is 5.91 Å². The molecule has 1 aliphatic rings. The van der Waals surface area contributed by atoms with Crippen LogP contribution >= 0.6 is 11.8 Å². The van der Waals surface area contributed by atoms with Gasteiger partial charge in [-0.2, -0.15) is 0 Å². The van der Waals surface area contributed by atoms with Gasteiger partial charge in [-0.05, 0) is 43.5 Å². The Balaban J connectivity index is 1.51. The van der Waals surface area contributed by atoms with Crippen LogP contribution in [0.4, 0.5) is 0 Å². The van der Waals surface area contributed by atoms with Crippen molar-refractivity contribution in [1.29, 1.82) is 0 Å². The molecule has 1 amide bonds. The largest absolute Gasteiger partial charge is 0.486 e. The van der Waals surface area contributed by atoms with Gasteiger partial charge in [0.2, 0.25) is 5.91 Å². The number of aromatic nitrogens is 3. The van der Waals surface area contributed by atoms with E-state index in [0.29, 0.717) is 29.4 Å². The van der Waals surface area contributed by atoms with Crippen LogP contribution < -0.4 is 10.1 Å². The van der Waals surface area contributed by atoms with E-state index >= 15 is 0 Å². The van der Waals surface area contributed by atoms with Crippen molar-refractivity contribution in [3.63, 3.8) is 0 Å². The van der Waals surface area contributed by atoms with Crippen LogP contribution in [0, 0.1) is 6.92 Å². The summed E-state index contributed by atoms with van der Waals surface area (Å²) in [5, 5.41) is 12.6. The van der Waals surface area contributed by atoms with Crippen LogP contribution in [-0.2, 0) is 11.4 Å². The second-order valence-electron chi connectivity index (χ2n) is 7.46. The summed E-state index contributed by atoms with van der Waals surface area (Å²) in [7, 11) is 0. The quantitative estimate of drug-likeness (QED) is 0.548. The number of hydrogen-bond donors (Lipinski definition) is 1. The summed E-state index contributed by atoms with van der Waals surface area (Å²) >= 11 is 1.41. The van der Waals surface area contributed by atoms with E-state index in [1.165, 1.54) is 24.6 Å². The number of rotatable bonds is 8. The maximum atomic E-state index is 12.4. The maximum absolute atomic E-state index is 12.4. The van der Waals surface area contributed by atoms with Gasteiger partial charge in [-0.25, -0.2) is 0 Å². The zero-order valence-corrected chi connectivity index (χ0v) is 17.9. The highest BCUT2D eigenvalue weighted by Gasteiger charge is 2.20. The summed E-state index contributed by atoms with van der Waals surface area (Å²) in [4.78, 5) is 12.4. The van der Waals surface area contributed by atoms with Crippen molar-refractivity contribution in [1.82, 2.24) is 20.1 Å². The van der Waals surface area contributed by atoms with Gasteiger partial charge < -0.3 is 10.1 Å². The fourth-order valence-electron chi connectivity index (χ4n) is 3.68. The van der Waals surface area contributed by atoms with Gasteiger partial charge in [0.05, 0.1) is 11.4 Å². The molecule has 2 aromatic carbocycles. The third-order valence-electron chi connectivity index (χ3n) is 5.22. The number of hydrogen-bond acceptors (Lipinski definition) is 5. The number of carbonyl (C=O) groups is 1. The minimum absolute atomic E-state index is 0.0494. The fraction of sp³-hybridized carbons (Fsp3) is 0.348. The molecule has 1 fully saturated rings. The van der Waals surface area contributed by atoms with Crippen molar-refractivity contribution in [2.75, 3.05) is 5.75 Å². The number of benzene rings is 2. The van der Waals surface area contributed by atoms with E-state index in [0.717, 1.165) is 29.8 Å². The molecule has 0 atom stereocenters. The van der Waals surface area contributed by atoms with Crippen LogP contribution in [0.3, 0.4) is 0 Å². The highest BCUT2D eigenvalue weighted by molar-refractivity contribution is 7.99. The summed E-state index contributed by atoms with van der Waals surface area (Å²) < 4.78 is 7.90. The summed E-state index contributed by atoms with van der Waals surface area (Å²) in [6.07, 6.45) is 4.56. The van der Waals surface area contributed by atoms with Crippen molar-refractivity contribution in [2.24, 2.45) is 0 Å². The molecule has 4 rings (SSSR count). The zero-order valence-electron chi connectivity index (χ0n) is 17.1. The van der Waals surface area contributed by atoms with E-state index in [4.69, 9.17) is 4.74 Å². The maximum Gasteiger partial charge on any atom is 0.230 e. The second-order valence-corrected chi connectivity index (χ2v) is 8.40. The second kappa shape index (κ2) is 9.80. The smallest absolute Gasteiger partial charge is 0.230 e. The lowest BCUT2D eigenvalue weighted by atomic mass is 10.2. The molecule has 0 unspecified atom stereocenters. The van der Waals surface area contributed by atoms with Crippen LogP contribution in [0.1, 0.15) is 37.1 Å². The average Bonchev–Trinajstić information content (AvgIpc) is 3.42. The van der Waals surface area contributed by atoms with Crippen molar-refractivity contribution in [3.05, 3.63) is 66.0 Å². The Morgan fingerprint density at radius 3 is 2.60 bits per heavy atom. The van der Waals surface area contributed by atoms with E-state index in [9.17, 15) is 4.79 Å². The number of aryl methyl sites for hydroxylation is 1. The normalized spacial score (nSPS) is 14.0. The van der Waals surface area contributed by atoms with Gasteiger partial charge in [-0.15, -0.1) is 10.2 Å². The first-order valence-electron chi connectivity index (χ1n) is 10.3. The van der Waals surface area contributed by atoms with Crippen LogP contribution in [0.2, 0.25) is 0 Å². The highest BCUT2D eigenvalue weighted by atomic mass is 32.2. The molecule has 0 spiro atoms. The van der Waals surface area contributed by atoms with Gasteiger partial charge in [0.25, 0.3) is 0 Å². The lowest BCUT2D eigenvalue weighted by molar-refractivity contribution is -0.119. The minimum Gasteiger partial charge on any atom is -0.486 e. The molecule has 7 heteroatoms. The van der Waals surface area contributed by atoms with Gasteiger partial charge in [-0.1, -0.05) is 61.0 Å². The molecule has 1 N–H and O–H groups in total. The van der Waals surface area contributed by atoms with Gasteiger partial charge in [0.15, 0.2) is 11.0 Å². The standard InChI is InChI=1S/C23H26N4O2S/c1-17-9-5-8-14-20(17)27-21(15-29-19-12-3-2-4-13-19)25-26-23(27)30-16-22(28)24-18-10-6-7-11-18/h2-5,8-9,12-14,18H,6-7,10-11,15-16H2,1H3,(H,24,28). The van der Waals surface area contributed by atoms with Crippen molar-refractivity contribution in [2.45, 2.75) is 50.4 Å². The van der Waals surface area contributed by atoms with Crippen molar-refractivity contribution >= 4 is 17.7 Å². The molecule has 156 valence electrons. The monoisotopic (exact) mass is 422 g/mol. The molecule has 1 aliphatic carbocycles. The number of para-hydroxylation sites is 2.